The fourth-order valence-electron chi connectivity index (χ4n) is 2.48. The van der Waals surface area contributed by atoms with Crippen LogP contribution < -0.4 is 11.1 Å². The summed E-state index contributed by atoms with van der Waals surface area (Å²) in [7, 11) is 0. The molecule has 0 radical (unpaired) electrons. The molecule has 1 amide bonds. The lowest BCUT2D eigenvalue weighted by molar-refractivity contribution is -0.132. The third-order valence-corrected chi connectivity index (χ3v) is 3.72. The summed E-state index contributed by atoms with van der Waals surface area (Å²) in [5, 5.41) is 3.70. The van der Waals surface area contributed by atoms with Crippen molar-refractivity contribution < 1.29 is 9.53 Å². The Kier molecular flexibility index (Phi) is 5.40. The molecule has 3 N–H and O–H groups in total. The van der Waals surface area contributed by atoms with Gasteiger partial charge in [-0.3, -0.25) is 4.79 Å². The number of nitrogens with one attached hydrogen (secondary N) is 1. The van der Waals surface area contributed by atoms with Crippen molar-refractivity contribution in [3.8, 4) is 0 Å². The SMILES string of the molecule is CC(Cc1cccc(Cl)c1)NC(=O)C1CCC(CN)O1. The highest BCUT2D eigenvalue weighted by atomic mass is 35.5. The second-order valence-corrected chi connectivity index (χ2v) is 5.74. The van der Waals surface area contributed by atoms with Gasteiger partial charge in [0.25, 0.3) is 0 Å². The Labute approximate surface area is 124 Å². The van der Waals surface area contributed by atoms with E-state index < -0.39 is 0 Å². The number of carbonyl (C=O) groups is 1. The first kappa shape index (κ1) is 15.3. The second kappa shape index (κ2) is 7.07. The molecule has 20 heavy (non-hydrogen) atoms. The summed E-state index contributed by atoms with van der Waals surface area (Å²) < 4.78 is 5.58. The minimum Gasteiger partial charge on any atom is -0.364 e. The Morgan fingerprint density at radius 3 is 3.00 bits per heavy atom. The minimum absolute atomic E-state index is 0.0222. The van der Waals surface area contributed by atoms with Crippen LogP contribution in [0.3, 0.4) is 0 Å². The van der Waals surface area contributed by atoms with Gasteiger partial charge in [0, 0.05) is 17.6 Å². The van der Waals surface area contributed by atoms with Gasteiger partial charge in [-0.15, -0.1) is 0 Å². The molecule has 0 aromatic heterocycles. The fraction of sp³-hybridized carbons (Fsp3) is 0.533. The largest absolute Gasteiger partial charge is 0.364 e. The van der Waals surface area contributed by atoms with Crippen LogP contribution in [0.1, 0.15) is 25.3 Å². The van der Waals surface area contributed by atoms with Crippen molar-refractivity contribution in [2.45, 2.75) is 44.4 Å². The summed E-state index contributed by atoms with van der Waals surface area (Å²) in [6.07, 6.45) is 2.02. The van der Waals surface area contributed by atoms with Crippen LogP contribution in [0.15, 0.2) is 24.3 Å². The lowest BCUT2D eigenvalue weighted by atomic mass is 10.1. The summed E-state index contributed by atoms with van der Waals surface area (Å²) in [6, 6.07) is 7.72. The Balaban J connectivity index is 1.82. The summed E-state index contributed by atoms with van der Waals surface area (Å²) in [4.78, 5) is 12.1. The maximum Gasteiger partial charge on any atom is 0.249 e. The number of rotatable bonds is 5. The zero-order chi connectivity index (χ0) is 14.5. The molecular weight excluding hydrogens is 276 g/mol. The summed E-state index contributed by atoms with van der Waals surface area (Å²) >= 11 is 5.95. The maximum atomic E-state index is 12.1. The molecule has 3 atom stereocenters. The molecule has 5 heteroatoms. The molecule has 1 saturated heterocycles. The lowest BCUT2D eigenvalue weighted by Gasteiger charge is -2.18. The average Bonchev–Trinajstić information content (AvgIpc) is 2.87. The van der Waals surface area contributed by atoms with Crippen LogP contribution >= 0.6 is 11.6 Å². The van der Waals surface area contributed by atoms with Crippen molar-refractivity contribution in [2.24, 2.45) is 5.73 Å². The average molecular weight is 297 g/mol. The van der Waals surface area contributed by atoms with Gasteiger partial charge in [0.1, 0.15) is 6.10 Å². The zero-order valence-corrected chi connectivity index (χ0v) is 12.4. The van der Waals surface area contributed by atoms with E-state index in [0.717, 1.165) is 24.8 Å². The number of carbonyl (C=O) groups excluding carboxylic acids is 1. The maximum absolute atomic E-state index is 12.1. The van der Waals surface area contributed by atoms with Crippen molar-refractivity contribution in [1.29, 1.82) is 0 Å². The summed E-state index contributed by atoms with van der Waals surface area (Å²) in [6.45, 7) is 2.45. The third-order valence-electron chi connectivity index (χ3n) is 3.48. The quantitative estimate of drug-likeness (QED) is 0.872. The van der Waals surface area contributed by atoms with Gasteiger partial charge in [-0.1, -0.05) is 23.7 Å². The molecule has 0 saturated carbocycles. The molecule has 2 rings (SSSR count). The molecule has 1 aliphatic heterocycles. The molecule has 1 aromatic carbocycles. The predicted molar refractivity (Wildman–Crippen MR) is 79.7 cm³/mol. The molecule has 3 unspecified atom stereocenters. The van der Waals surface area contributed by atoms with Crippen LogP contribution in [0.25, 0.3) is 0 Å². The van der Waals surface area contributed by atoms with Crippen molar-refractivity contribution in [3.05, 3.63) is 34.9 Å². The van der Waals surface area contributed by atoms with Crippen molar-refractivity contribution in [1.82, 2.24) is 5.32 Å². The number of amides is 1. The lowest BCUT2D eigenvalue weighted by Crippen LogP contribution is -2.41. The smallest absolute Gasteiger partial charge is 0.249 e. The highest BCUT2D eigenvalue weighted by molar-refractivity contribution is 6.30. The molecular formula is C15H21ClN2O2. The first-order valence-electron chi connectivity index (χ1n) is 6.99. The van der Waals surface area contributed by atoms with Crippen LogP contribution in [0, 0.1) is 0 Å². The number of hydrogen-bond donors (Lipinski definition) is 2. The first-order chi connectivity index (χ1) is 9.58. The fourth-order valence-corrected chi connectivity index (χ4v) is 2.69. The molecule has 1 heterocycles. The normalized spacial score (nSPS) is 23.6. The summed E-state index contributed by atoms with van der Waals surface area (Å²) in [5.74, 6) is -0.0459. The molecule has 110 valence electrons. The van der Waals surface area contributed by atoms with Crippen molar-refractivity contribution in [3.63, 3.8) is 0 Å². The van der Waals surface area contributed by atoms with Crippen LogP contribution in [-0.4, -0.2) is 30.7 Å². The van der Waals surface area contributed by atoms with Gasteiger partial charge < -0.3 is 15.8 Å². The summed E-state index contributed by atoms with van der Waals surface area (Å²) in [5.41, 5.74) is 6.65. The Morgan fingerprint density at radius 1 is 1.55 bits per heavy atom. The number of nitrogens with two attached hydrogens (primary N) is 1. The van der Waals surface area contributed by atoms with E-state index in [-0.39, 0.29) is 24.2 Å². The molecule has 0 spiro atoms. The Morgan fingerprint density at radius 2 is 2.35 bits per heavy atom. The van der Waals surface area contributed by atoms with Gasteiger partial charge in [0.15, 0.2) is 0 Å². The molecule has 1 aromatic rings. The predicted octanol–water partition coefficient (Wildman–Crippen LogP) is 1.89. The molecule has 0 bridgehead atoms. The van der Waals surface area contributed by atoms with Crippen LogP contribution in [0.4, 0.5) is 0 Å². The zero-order valence-electron chi connectivity index (χ0n) is 11.6. The number of halogens is 1. The van der Waals surface area contributed by atoms with Crippen LogP contribution in [0.5, 0.6) is 0 Å². The van der Waals surface area contributed by atoms with E-state index in [4.69, 9.17) is 22.1 Å². The molecule has 1 fully saturated rings. The van der Waals surface area contributed by atoms with E-state index in [1.165, 1.54) is 0 Å². The number of benzene rings is 1. The number of ether oxygens (including phenoxy) is 1. The van der Waals surface area contributed by atoms with E-state index in [1.54, 1.807) is 0 Å². The van der Waals surface area contributed by atoms with Crippen molar-refractivity contribution >= 4 is 17.5 Å². The van der Waals surface area contributed by atoms with E-state index in [2.05, 4.69) is 5.32 Å². The third kappa shape index (κ3) is 4.20. The van der Waals surface area contributed by atoms with Gasteiger partial charge >= 0.3 is 0 Å². The van der Waals surface area contributed by atoms with E-state index in [1.807, 2.05) is 31.2 Å². The van der Waals surface area contributed by atoms with Gasteiger partial charge in [-0.2, -0.15) is 0 Å². The second-order valence-electron chi connectivity index (χ2n) is 5.30. The van der Waals surface area contributed by atoms with Gasteiger partial charge in [-0.05, 0) is 43.9 Å². The first-order valence-corrected chi connectivity index (χ1v) is 7.36. The van der Waals surface area contributed by atoms with E-state index >= 15 is 0 Å². The van der Waals surface area contributed by atoms with E-state index in [9.17, 15) is 4.79 Å². The van der Waals surface area contributed by atoms with Crippen LogP contribution in [-0.2, 0) is 16.0 Å². The minimum atomic E-state index is -0.356. The highest BCUT2D eigenvalue weighted by Crippen LogP contribution is 2.19. The standard InChI is InChI=1S/C15H21ClN2O2/c1-10(7-11-3-2-4-12(16)8-11)18-15(19)14-6-5-13(9-17)20-14/h2-4,8,10,13-14H,5-7,9,17H2,1H3,(H,18,19). The molecule has 1 aliphatic rings. The van der Waals surface area contributed by atoms with E-state index in [0.29, 0.717) is 11.6 Å². The van der Waals surface area contributed by atoms with Gasteiger partial charge in [0.2, 0.25) is 5.91 Å². The number of hydrogen-bond acceptors (Lipinski definition) is 3. The Hall–Kier alpha value is -1.10. The molecule has 0 aliphatic carbocycles. The van der Waals surface area contributed by atoms with Crippen LogP contribution in [0.2, 0.25) is 5.02 Å². The van der Waals surface area contributed by atoms with Gasteiger partial charge in [0.05, 0.1) is 6.10 Å². The van der Waals surface area contributed by atoms with Gasteiger partial charge in [-0.25, -0.2) is 0 Å². The highest BCUT2D eigenvalue weighted by Gasteiger charge is 2.30. The molecule has 4 nitrogen and oxygen atoms in total. The monoisotopic (exact) mass is 296 g/mol. The van der Waals surface area contributed by atoms with Crippen molar-refractivity contribution in [2.75, 3.05) is 6.54 Å². The Bertz CT molecular complexity index is 467. The topological polar surface area (TPSA) is 64.4 Å².